The molecular weight excluding hydrogens is 534 g/mol. The van der Waals surface area contributed by atoms with Crippen molar-refractivity contribution in [2.45, 2.75) is 51.6 Å². The summed E-state index contributed by atoms with van der Waals surface area (Å²) in [6.45, 7) is 7.80. The van der Waals surface area contributed by atoms with Gasteiger partial charge in [0.05, 0.1) is 10.6 Å². The molecule has 3 aromatic rings. The van der Waals surface area contributed by atoms with Crippen LogP contribution in [-0.2, 0) is 26.2 Å². The number of rotatable bonds is 12. The molecule has 0 fully saturated rings. The van der Waals surface area contributed by atoms with Gasteiger partial charge in [0.2, 0.25) is 11.8 Å². The molecule has 1 atom stereocenters. The predicted octanol–water partition coefficient (Wildman–Crippen LogP) is 5.42. The van der Waals surface area contributed by atoms with Gasteiger partial charge in [-0.25, -0.2) is 8.42 Å². The largest absolute Gasteiger partial charge is 0.354 e. The number of aryl methyl sites for hydroxylation is 1. The van der Waals surface area contributed by atoms with Crippen LogP contribution in [0.5, 0.6) is 0 Å². The van der Waals surface area contributed by atoms with Crippen molar-refractivity contribution in [1.82, 2.24) is 10.2 Å². The Morgan fingerprint density at radius 1 is 0.949 bits per heavy atom. The van der Waals surface area contributed by atoms with Crippen molar-refractivity contribution in [2.75, 3.05) is 17.4 Å². The zero-order valence-electron chi connectivity index (χ0n) is 22.8. The van der Waals surface area contributed by atoms with E-state index in [1.165, 1.54) is 17.0 Å². The van der Waals surface area contributed by atoms with Crippen LogP contribution in [-0.4, -0.2) is 44.3 Å². The van der Waals surface area contributed by atoms with Gasteiger partial charge in [-0.3, -0.25) is 13.9 Å². The summed E-state index contributed by atoms with van der Waals surface area (Å²) in [5, 5.41) is 3.48. The number of sulfonamides is 1. The molecule has 1 N–H and O–H groups in total. The lowest BCUT2D eigenvalue weighted by Gasteiger charge is -2.33. The smallest absolute Gasteiger partial charge is 0.264 e. The maximum Gasteiger partial charge on any atom is 0.264 e. The van der Waals surface area contributed by atoms with Crippen LogP contribution in [0.25, 0.3) is 0 Å². The van der Waals surface area contributed by atoms with Crippen molar-refractivity contribution in [2.24, 2.45) is 5.92 Å². The molecule has 0 aliphatic carbocycles. The zero-order valence-corrected chi connectivity index (χ0v) is 24.4. The van der Waals surface area contributed by atoms with Crippen molar-refractivity contribution >= 4 is 39.1 Å². The van der Waals surface area contributed by atoms with Gasteiger partial charge in [-0.15, -0.1) is 0 Å². The van der Waals surface area contributed by atoms with Gasteiger partial charge in [-0.05, 0) is 66.8 Å². The van der Waals surface area contributed by atoms with Crippen molar-refractivity contribution in [3.63, 3.8) is 0 Å². The fourth-order valence-corrected chi connectivity index (χ4v) is 5.71. The SMILES string of the molecule is CC[C@H](C(=O)NCC(C)C)N(Cc1ccc(Cl)cc1)C(=O)CN(c1cccc(C)c1)S(=O)(=O)c1ccccc1. The molecule has 7 nitrogen and oxygen atoms in total. The normalized spacial score (nSPS) is 12.2. The minimum absolute atomic E-state index is 0.0743. The van der Waals surface area contributed by atoms with Gasteiger partial charge >= 0.3 is 0 Å². The number of halogens is 1. The number of nitrogens with zero attached hydrogens (tertiary/aromatic N) is 2. The van der Waals surface area contributed by atoms with E-state index >= 15 is 0 Å². The van der Waals surface area contributed by atoms with Crippen LogP contribution >= 0.6 is 11.6 Å². The molecule has 0 saturated heterocycles. The molecule has 0 aromatic heterocycles. The van der Waals surface area contributed by atoms with Crippen LogP contribution in [0.4, 0.5) is 5.69 Å². The minimum Gasteiger partial charge on any atom is -0.354 e. The third kappa shape index (κ3) is 8.07. The van der Waals surface area contributed by atoms with Gasteiger partial charge in [0, 0.05) is 18.1 Å². The Morgan fingerprint density at radius 3 is 2.21 bits per heavy atom. The van der Waals surface area contributed by atoms with E-state index in [1.807, 2.05) is 33.8 Å². The lowest BCUT2D eigenvalue weighted by atomic mass is 10.1. The Labute approximate surface area is 236 Å². The molecule has 0 radical (unpaired) electrons. The molecule has 0 spiro atoms. The summed E-state index contributed by atoms with van der Waals surface area (Å²) in [6, 6.07) is 21.3. The van der Waals surface area contributed by atoms with E-state index in [4.69, 9.17) is 11.6 Å². The van der Waals surface area contributed by atoms with Crippen LogP contribution in [0.15, 0.2) is 83.8 Å². The zero-order chi connectivity index (χ0) is 28.6. The molecule has 39 heavy (non-hydrogen) atoms. The van der Waals surface area contributed by atoms with Gasteiger partial charge in [-0.2, -0.15) is 0 Å². The summed E-state index contributed by atoms with van der Waals surface area (Å²) in [6.07, 6.45) is 0.360. The Morgan fingerprint density at radius 2 is 1.62 bits per heavy atom. The molecule has 0 unspecified atom stereocenters. The molecular formula is C30H36ClN3O4S. The van der Waals surface area contributed by atoms with E-state index in [-0.39, 0.29) is 23.3 Å². The van der Waals surface area contributed by atoms with Crippen molar-refractivity contribution in [3.8, 4) is 0 Å². The van der Waals surface area contributed by atoms with Gasteiger partial charge in [0.15, 0.2) is 0 Å². The second kappa shape index (κ2) is 13.6. The Kier molecular flexibility index (Phi) is 10.5. The van der Waals surface area contributed by atoms with E-state index in [0.717, 1.165) is 15.4 Å². The number of carbonyl (C=O) groups excluding carboxylic acids is 2. The third-order valence-corrected chi connectivity index (χ3v) is 8.28. The van der Waals surface area contributed by atoms with E-state index in [1.54, 1.807) is 60.7 Å². The number of benzene rings is 3. The van der Waals surface area contributed by atoms with E-state index in [0.29, 0.717) is 23.7 Å². The molecule has 0 heterocycles. The summed E-state index contributed by atoms with van der Waals surface area (Å²) < 4.78 is 28.7. The number of hydrogen-bond donors (Lipinski definition) is 1. The standard InChI is InChI=1S/C30H36ClN3O4S/c1-5-28(30(36)32-19-22(2)3)33(20-24-14-16-25(31)17-15-24)29(35)21-34(26-11-9-10-23(4)18-26)39(37,38)27-12-7-6-8-13-27/h6-18,22,28H,5,19-21H2,1-4H3,(H,32,36)/t28-/m1/s1. The van der Waals surface area contributed by atoms with Crippen LogP contribution in [0.2, 0.25) is 5.02 Å². The van der Waals surface area contributed by atoms with Crippen molar-refractivity contribution in [1.29, 1.82) is 0 Å². The van der Waals surface area contributed by atoms with Crippen LogP contribution < -0.4 is 9.62 Å². The molecule has 0 bridgehead atoms. The number of amides is 2. The Bertz CT molecular complexity index is 1360. The van der Waals surface area contributed by atoms with Gasteiger partial charge in [0.1, 0.15) is 12.6 Å². The maximum absolute atomic E-state index is 14.0. The first-order chi connectivity index (χ1) is 18.5. The third-order valence-electron chi connectivity index (χ3n) is 6.24. The molecule has 9 heteroatoms. The van der Waals surface area contributed by atoms with Crippen LogP contribution in [0.3, 0.4) is 0 Å². The highest BCUT2D eigenvalue weighted by molar-refractivity contribution is 7.92. The summed E-state index contributed by atoms with van der Waals surface area (Å²) in [4.78, 5) is 28.8. The molecule has 2 amide bonds. The number of carbonyl (C=O) groups is 2. The summed E-state index contributed by atoms with van der Waals surface area (Å²) in [5.41, 5.74) is 2.00. The summed E-state index contributed by atoms with van der Waals surface area (Å²) in [7, 11) is -4.08. The van der Waals surface area contributed by atoms with E-state index < -0.39 is 28.5 Å². The second-order valence-electron chi connectivity index (χ2n) is 9.87. The molecule has 3 rings (SSSR count). The van der Waals surface area contributed by atoms with Crippen LogP contribution in [0, 0.1) is 12.8 Å². The summed E-state index contributed by atoms with van der Waals surface area (Å²) >= 11 is 6.06. The van der Waals surface area contributed by atoms with E-state index in [2.05, 4.69) is 5.32 Å². The van der Waals surface area contributed by atoms with Gasteiger partial charge < -0.3 is 10.2 Å². The highest BCUT2D eigenvalue weighted by atomic mass is 35.5. The molecule has 0 saturated carbocycles. The Balaban J connectivity index is 2.03. The number of hydrogen-bond acceptors (Lipinski definition) is 4. The highest BCUT2D eigenvalue weighted by Crippen LogP contribution is 2.25. The van der Waals surface area contributed by atoms with E-state index in [9.17, 15) is 18.0 Å². The van der Waals surface area contributed by atoms with Gasteiger partial charge in [-0.1, -0.05) is 74.8 Å². The average molecular weight is 570 g/mol. The lowest BCUT2D eigenvalue weighted by molar-refractivity contribution is -0.140. The predicted molar refractivity (Wildman–Crippen MR) is 156 cm³/mol. The Hall–Kier alpha value is -3.36. The fraction of sp³-hybridized carbons (Fsp3) is 0.333. The maximum atomic E-state index is 14.0. The molecule has 208 valence electrons. The fourth-order valence-electron chi connectivity index (χ4n) is 4.16. The monoisotopic (exact) mass is 569 g/mol. The highest BCUT2D eigenvalue weighted by Gasteiger charge is 2.33. The molecule has 0 aliphatic heterocycles. The number of anilines is 1. The second-order valence-corrected chi connectivity index (χ2v) is 12.2. The molecule has 0 aliphatic rings. The molecule has 3 aromatic carbocycles. The minimum atomic E-state index is -4.08. The van der Waals surface area contributed by atoms with Crippen molar-refractivity contribution in [3.05, 3.63) is 95.0 Å². The summed E-state index contributed by atoms with van der Waals surface area (Å²) in [5.74, 6) is -0.529. The van der Waals surface area contributed by atoms with Crippen LogP contribution in [0.1, 0.15) is 38.3 Å². The quantitative estimate of drug-likeness (QED) is 0.315. The average Bonchev–Trinajstić information content (AvgIpc) is 2.91. The van der Waals surface area contributed by atoms with Gasteiger partial charge in [0.25, 0.3) is 10.0 Å². The topological polar surface area (TPSA) is 86.8 Å². The lowest BCUT2D eigenvalue weighted by Crippen LogP contribution is -2.52. The first-order valence-electron chi connectivity index (χ1n) is 13.0. The number of nitrogens with one attached hydrogen (secondary N) is 1. The van der Waals surface area contributed by atoms with Crippen molar-refractivity contribution < 1.29 is 18.0 Å². The first kappa shape index (κ1) is 30.2. The first-order valence-corrected chi connectivity index (χ1v) is 14.8.